The molecule has 5 heteroatoms. The normalized spacial score (nSPS) is 11.9. The van der Waals surface area contributed by atoms with E-state index < -0.39 is 0 Å². The summed E-state index contributed by atoms with van der Waals surface area (Å²) >= 11 is 6.68. The Labute approximate surface area is 216 Å². The second-order valence-corrected chi connectivity index (χ2v) is 9.32. The standard InChI is InChI=1S/C31H28ClN3O/c32-29-15-6-4-13-25(29)27(20-31(36)34-19-17-24-12-8-9-18-33-24)28-22-35(21-23-10-2-1-3-11-23)30-16-7-5-14-26(28)30/h1-16,18,22,27H,17,19-21H2,(H,34,36). The largest absolute Gasteiger partial charge is 0.356 e. The van der Waals surface area contributed by atoms with Gasteiger partial charge in [0.25, 0.3) is 0 Å². The molecule has 5 aromatic rings. The van der Waals surface area contributed by atoms with Gasteiger partial charge in [-0.3, -0.25) is 9.78 Å². The molecule has 2 aromatic heterocycles. The van der Waals surface area contributed by atoms with Crippen molar-refractivity contribution in [3.63, 3.8) is 0 Å². The summed E-state index contributed by atoms with van der Waals surface area (Å²) in [7, 11) is 0. The van der Waals surface area contributed by atoms with E-state index in [9.17, 15) is 4.79 Å². The Bertz CT molecular complexity index is 1450. The van der Waals surface area contributed by atoms with Crippen LogP contribution in [0, 0.1) is 0 Å². The van der Waals surface area contributed by atoms with Gasteiger partial charge in [0.1, 0.15) is 0 Å². The number of carbonyl (C=O) groups excluding carboxylic acids is 1. The second kappa shape index (κ2) is 11.2. The zero-order valence-electron chi connectivity index (χ0n) is 20.0. The molecular weight excluding hydrogens is 466 g/mol. The third kappa shape index (κ3) is 5.50. The van der Waals surface area contributed by atoms with E-state index in [0.717, 1.165) is 34.3 Å². The van der Waals surface area contributed by atoms with Gasteiger partial charge in [-0.2, -0.15) is 0 Å². The fourth-order valence-electron chi connectivity index (χ4n) is 4.74. The average molecular weight is 494 g/mol. The van der Waals surface area contributed by atoms with E-state index in [1.807, 2.05) is 48.5 Å². The molecular formula is C31H28ClN3O. The van der Waals surface area contributed by atoms with Gasteiger partial charge in [-0.15, -0.1) is 0 Å². The number of amides is 1. The monoisotopic (exact) mass is 493 g/mol. The van der Waals surface area contributed by atoms with Crippen LogP contribution in [-0.2, 0) is 17.8 Å². The van der Waals surface area contributed by atoms with Gasteiger partial charge >= 0.3 is 0 Å². The van der Waals surface area contributed by atoms with E-state index in [1.54, 1.807) is 6.20 Å². The first-order valence-electron chi connectivity index (χ1n) is 12.2. The molecule has 0 saturated heterocycles. The number of para-hydroxylation sites is 1. The van der Waals surface area contributed by atoms with Crippen LogP contribution < -0.4 is 5.32 Å². The maximum Gasteiger partial charge on any atom is 0.220 e. The van der Waals surface area contributed by atoms with Crippen molar-refractivity contribution in [1.29, 1.82) is 0 Å². The van der Waals surface area contributed by atoms with Gasteiger partial charge in [-0.05, 0) is 41.0 Å². The number of nitrogens with one attached hydrogen (secondary N) is 1. The van der Waals surface area contributed by atoms with Gasteiger partial charge in [0.2, 0.25) is 5.91 Å². The number of hydrogen-bond donors (Lipinski definition) is 1. The number of nitrogens with zero attached hydrogens (tertiary/aromatic N) is 2. The summed E-state index contributed by atoms with van der Waals surface area (Å²) < 4.78 is 2.27. The second-order valence-electron chi connectivity index (χ2n) is 8.91. The summed E-state index contributed by atoms with van der Waals surface area (Å²) in [6.07, 6.45) is 4.97. The maximum atomic E-state index is 13.2. The lowest BCUT2D eigenvalue weighted by molar-refractivity contribution is -0.121. The fourth-order valence-corrected chi connectivity index (χ4v) is 5.01. The molecule has 2 heterocycles. The van der Waals surface area contributed by atoms with E-state index in [2.05, 4.69) is 69.6 Å². The first-order chi connectivity index (χ1) is 17.7. The molecule has 1 amide bonds. The highest BCUT2D eigenvalue weighted by atomic mass is 35.5. The molecule has 0 bridgehead atoms. The topological polar surface area (TPSA) is 46.9 Å². The van der Waals surface area contributed by atoms with Crippen molar-refractivity contribution in [1.82, 2.24) is 14.9 Å². The molecule has 0 spiro atoms. The van der Waals surface area contributed by atoms with Crippen LogP contribution in [0.25, 0.3) is 10.9 Å². The van der Waals surface area contributed by atoms with E-state index in [0.29, 0.717) is 24.4 Å². The Morgan fingerprint density at radius 3 is 2.42 bits per heavy atom. The third-order valence-corrected chi connectivity index (χ3v) is 6.83. The van der Waals surface area contributed by atoms with Crippen LogP contribution in [0.2, 0.25) is 5.02 Å². The van der Waals surface area contributed by atoms with E-state index in [-0.39, 0.29) is 11.8 Å². The molecule has 5 rings (SSSR count). The molecule has 1 unspecified atom stereocenters. The Morgan fingerprint density at radius 1 is 0.861 bits per heavy atom. The molecule has 0 radical (unpaired) electrons. The maximum absolute atomic E-state index is 13.2. The van der Waals surface area contributed by atoms with Gasteiger partial charge in [-0.1, -0.05) is 84.4 Å². The van der Waals surface area contributed by atoms with Gasteiger partial charge in [-0.25, -0.2) is 0 Å². The van der Waals surface area contributed by atoms with Crippen molar-refractivity contribution in [3.05, 3.63) is 137 Å². The average Bonchev–Trinajstić information content (AvgIpc) is 3.27. The summed E-state index contributed by atoms with van der Waals surface area (Å²) in [5.41, 5.74) is 5.40. The third-order valence-electron chi connectivity index (χ3n) is 6.49. The lowest BCUT2D eigenvalue weighted by Gasteiger charge is -2.18. The van der Waals surface area contributed by atoms with Crippen LogP contribution in [0.5, 0.6) is 0 Å². The van der Waals surface area contributed by atoms with Crippen LogP contribution in [0.4, 0.5) is 0 Å². The van der Waals surface area contributed by atoms with Crippen molar-refractivity contribution < 1.29 is 4.79 Å². The first-order valence-corrected chi connectivity index (χ1v) is 12.6. The van der Waals surface area contributed by atoms with Gasteiger partial charge < -0.3 is 9.88 Å². The summed E-state index contributed by atoms with van der Waals surface area (Å²) in [4.78, 5) is 17.5. The minimum Gasteiger partial charge on any atom is -0.356 e. The summed E-state index contributed by atoms with van der Waals surface area (Å²) in [6.45, 7) is 1.30. The highest BCUT2D eigenvalue weighted by molar-refractivity contribution is 6.31. The van der Waals surface area contributed by atoms with Crippen molar-refractivity contribution in [2.45, 2.75) is 25.3 Å². The molecule has 1 atom stereocenters. The van der Waals surface area contributed by atoms with E-state index in [4.69, 9.17) is 11.6 Å². The molecule has 4 nitrogen and oxygen atoms in total. The fraction of sp³-hybridized carbons (Fsp3) is 0.161. The minimum atomic E-state index is -0.171. The van der Waals surface area contributed by atoms with Crippen LogP contribution in [-0.4, -0.2) is 22.0 Å². The number of halogens is 1. The van der Waals surface area contributed by atoms with Crippen LogP contribution in [0.1, 0.15) is 34.7 Å². The van der Waals surface area contributed by atoms with Crippen LogP contribution >= 0.6 is 11.6 Å². The van der Waals surface area contributed by atoms with Gasteiger partial charge in [0, 0.05) is 65.9 Å². The number of carbonyl (C=O) groups is 1. The Kier molecular flexibility index (Phi) is 7.44. The quantitative estimate of drug-likeness (QED) is 0.251. The molecule has 0 aliphatic carbocycles. The molecule has 0 aliphatic heterocycles. The lowest BCUT2D eigenvalue weighted by atomic mass is 9.88. The first kappa shape index (κ1) is 23.8. The predicted octanol–water partition coefficient (Wildman–Crippen LogP) is 6.62. The molecule has 0 aliphatic rings. The molecule has 1 N–H and O–H groups in total. The molecule has 180 valence electrons. The molecule has 3 aromatic carbocycles. The molecule has 36 heavy (non-hydrogen) atoms. The summed E-state index contributed by atoms with van der Waals surface area (Å²) in [5.74, 6) is -0.175. The SMILES string of the molecule is O=C(CC(c1ccccc1Cl)c1cn(Cc2ccccc2)c2ccccc12)NCCc1ccccn1. The molecule has 0 fully saturated rings. The van der Waals surface area contributed by atoms with Crippen LogP contribution in [0.3, 0.4) is 0 Å². The zero-order valence-corrected chi connectivity index (χ0v) is 20.7. The van der Waals surface area contributed by atoms with Crippen molar-refractivity contribution in [3.8, 4) is 0 Å². The molecule has 0 saturated carbocycles. The predicted molar refractivity (Wildman–Crippen MR) is 146 cm³/mol. The summed E-state index contributed by atoms with van der Waals surface area (Å²) in [5, 5.41) is 4.90. The lowest BCUT2D eigenvalue weighted by Crippen LogP contribution is -2.27. The number of fused-ring (bicyclic) bond motifs is 1. The number of benzene rings is 3. The van der Waals surface area contributed by atoms with Gasteiger partial charge in [0.15, 0.2) is 0 Å². The number of aromatic nitrogens is 2. The highest BCUT2D eigenvalue weighted by Gasteiger charge is 2.24. The Morgan fingerprint density at radius 2 is 1.61 bits per heavy atom. The zero-order chi connectivity index (χ0) is 24.7. The van der Waals surface area contributed by atoms with Crippen molar-refractivity contribution >= 4 is 28.4 Å². The minimum absolute atomic E-state index is 0.00394. The van der Waals surface area contributed by atoms with Gasteiger partial charge in [0.05, 0.1) is 0 Å². The van der Waals surface area contributed by atoms with E-state index >= 15 is 0 Å². The van der Waals surface area contributed by atoms with Crippen LogP contribution in [0.15, 0.2) is 109 Å². The number of hydrogen-bond acceptors (Lipinski definition) is 2. The Balaban J connectivity index is 1.45. The Hall–Kier alpha value is -3.89. The summed E-state index contributed by atoms with van der Waals surface area (Å²) in [6, 6.07) is 32.5. The number of rotatable bonds is 9. The smallest absolute Gasteiger partial charge is 0.220 e. The highest BCUT2D eigenvalue weighted by Crippen LogP contribution is 2.38. The van der Waals surface area contributed by atoms with Crippen molar-refractivity contribution in [2.75, 3.05) is 6.54 Å². The van der Waals surface area contributed by atoms with Crippen molar-refractivity contribution in [2.24, 2.45) is 0 Å². The number of pyridine rings is 1. The van der Waals surface area contributed by atoms with E-state index in [1.165, 1.54) is 5.56 Å².